The van der Waals surface area contributed by atoms with Crippen LogP contribution in [0.3, 0.4) is 0 Å². The number of carbonyl (C=O) groups excluding carboxylic acids is 1. The monoisotopic (exact) mass is 411 g/mol. The molecule has 3 aromatic carbocycles. The van der Waals surface area contributed by atoms with Crippen LogP contribution in [-0.2, 0) is 16.0 Å². The number of carbonyl (C=O) groups is 1. The zero-order chi connectivity index (χ0) is 21.8. The van der Waals surface area contributed by atoms with E-state index in [0.29, 0.717) is 18.1 Å². The molecule has 0 bridgehead atoms. The van der Waals surface area contributed by atoms with Crippen molar-refractivity contribution < 1.29 is 13.9 Å². The molecule has 0 saturated heterocycles. The van der Waals surface area contributed by atoms with Gasteiger partial charge in [-0.05, 0) is 25.0 Å². The van der Waals surface area contributed by atoms with Crippen LogP contribution in [0.4, 0.5) is 0 Å². The van der Waals surface area contributed by atoms with Crippen LogP contribution < -0.4 is 0 Å². The van der Waals surface area contributed by atoms with Gasteiger partial charge in [0.1, 0.15) is 5.69 Å². The Bertz CT molecular complexity index is 1190. The van der Waals surface area contributed by atoms with Crippen LogP contribution in [0.1, 0.15) is 23.4 Å². The fourth-order valence-electron chi connectivity index (χ4n) is 3.82. The van der Waals surface area contributed by atoms with E-state index in [4.69, 9.17) is 14.1 Å². The van der Waals surface area contributed by atoms with E-state index >= 15 is 0 Å². The van der Waals surface area contributed by atoms with E-state index in [9.17, 15) is 4.79 Å². The number of rotatable bonds is 6. The fourth-order valence-corrected chi connectivity index (χ4v) is 3.82. The highest BCUT2D eigenvalue weighted by Crippen LogP contribution is 2.38. The lowest BCUT2D eigenvalue weighted by Crippen LogP contribution is -2.01. The molecule has 4 heteroatoms. The van der Waals surface area contributed by atoms with Gasteiger partial charge in [-0.2, -0.15) is 0 Å². The summed E-state index contributed by atoms with van der Waals surface area (Å²) in [5, 5.41) is 0. The maximum absolute atomic E-state index is 11.6. The average molecular weight is 412 g/mol. The highest BCUT2D eigenvalue weighted by molar-refractivity contribution is 5.88. The number of hydrogen-bond acceptors (Lipinski definition) is 4. The zero-order valence-electron chi connectivity index (χ0n) is 18.0. The van der Waals surface area contributed by atoms with Crippen molar-refractivity contribution in [2.24, 2.45) is 0 Å². The number of hydrogen-bond donors (Lipinski definition) is 0. The summed E-state index contributed by atoms with van der Waals surface area (Å²) in [7, 11) is 1.39. The van der Waals surface area contributed by atoms with Crippen LogP contribution in [0, 0.1) is 13.8 Å². The number of methoxy groups -OCH3 is 1. The van der Waals surface area contributed by atoms with Crippen LogP contribution in [0.25, 0.3) is 33.7 Å². The normalized spacial score (nSPS) is 10.8. The molecule has 4 aromatic rings. The van der Waals surface area contributed by atoms with Crippen molar-refractivity contribution in [2.75, 3.05) is 7.11 Å². The largest absolute Gasteiger partial charge is 0.469 e. The molecule has 0 aliphatic rings. The van der Waals surface area contributed by atoms with Gasteiger partial charge < -0.3 is 9.15 Å². The number of ether oxygens (including phenoxy) is 1. The molecule has 0 saturated carbocycles. The van der Waals surface area contributed by atoms with E-state index in [1.165, 1.54) is 18.2 Å². The number of oxazole rings is 1. The molecule has 0 aliphatic carbocycles. The fraction of sp³-hybridized carbons (Fsp3) is 0.185. The second kappa shape index (κ2) is 9.00. The van der Waals surface area contributed by atoms with Gasteiger partial charge >= 0.3 is 5.97 Å². The number of aryl methyl sites for hydroxylation is 3. The minimum absolute atomic E-state index is 0.226. The third-order valence-electron chi connectivity index (χ3n) is 5.19. The summed E-state index contributed by atoms with van der Waals surface area (Å²) in [6, 6.07) is 24.7. The first-order valence-electron chi connectivity index (χ1n) is 10.3. The van der Waals surface area contributed by atoms with Crippen LogP contribution in [0.5, 0.6) is 0 Å². The second-order valence-corrected chi connectivity index (χ2v) is 7.65. The molecule has 0 radical (unpaired) electrons. The minimum Gasteiger partial charge on any atom is -0.469 e. The molecule has 1 heterocycles. The summed E-state index contributed by atoms with van der Waals surface area (Å²) in [5.41, 5.74) is 7.40. The third-order valence-corrected chi connectivity index (χ3v) is 5.19. The molecule has 0 N–H and O–H groups in total. The lowest BCUT2D eigenvalue weighted by Gasteiger charge is -2.11. The predicted octanol–water partition coefficient (Wildman–Crippen LogP) is 6.40. The average Bonchev–Trinajstić information content (AvgIpc) is 3.21. The van der Waals surface area contributed by atoms with Gasteiger partial charge in [-0.15, -0.1) is 0 Å². The van der Waals surface area contributed by atoms with Gasteiger partial charge in [-0.1, -0.05) is 83.9 Å². The molecule has 0 amide bonds. The molecule has 0 fully saturated rings. The van der Waals surface area contributed by atoms with Crippen LogP contribution in [0.2, 0.25) is 0 Å². The molecule has 31 heavy (non-hydrogen) atoms. The lowest BCUT2D eigenvalue weighted by atomic mass is 9.94. The van der Waals surface area contributed by atoms with Gasteiger partial charge in [0.2, 0.25) is 0 Å². The van der Waals surface area contributed by atoms with Crippen molar-refractivity contribution in [3.8, 4) is 33.7 Å². The molecule has 0 aliphatic heterocycles. The summed E-state index contributed by atoms with van der Waals surface area (Å²) in [4.78, 5) is 16.4. The quantitative estimate of drug-likeness (QED) is 0.345. The summed E-state index contributed by atoms with van der Waals surface area (Å²) in [5.74, 6) is 0.948. The lowest BCUT2D eigenvalue weighted by molar-refractivity contribution is -0.140. The highest BCUT2D eigenvalue weighted by Gasteiger charge is 2.20. The number of benzene rings is 3. The first-order valence-corrected chi connectivity index (χ1v) is 10.3. The third kappa shape index (κ3) is 4.58. The molecule has 156 valence electrons. The van der Waals surface area contributed by atoms with Crippen LogP contribution in [0.15, 0.2) is 77.2 Å². The van der Waals surface area contributed by atoms with Crippen molar-refractivity contribution >= 4 is 5.97 Å². The summed E-state index contributed by atoms with van der Waals surface area (Å²) in [6.45, 7) is 4.21. The van der Waals surface area contributed by atoms with Gasteiger partial charge in [-0.25, -0.2) is 4.98 Å². The topological polar surface area (TPSA) is 52.3 Å². The summed E-state index contributed by atoms with van der Waals surface area (Å²) >= 11 is 0. The van der Waals surface area contributed by atoms with Crippen molar-refractivity contribution in [2.45, 2.75) is 26.7 Å². The van der Waals surface area contributed by atoms with Gasteiger partial charge in [-0.3, -0.25) is 4.79 Å². The van der Waals surface area contributed by atoms with E-state index in [1.807, 2.05) is 42.5 Å². The Morgan fingerprint density at radius 2 is 1.52 bits per heavy atom. The second-order valence-electron chi connectivity index (χ2n) is 7.65. The number of aromatic nitrogens is 1. The highest BCUT2D eigenvalue weighted by atomic mass is 16.5. The van der Waals surface area contributed by atoms with Gasteiger partial charge in [0.15, 0.2) is 11.7 Å². The van der Waals surface area contributed by atoms with E-state index in [1.54, 1.807) is 0 Å². The number of esters is 1. The first-order chi connectivity index (χ1) is 15.0. The Morgan fingerprint density at radius 3 is 2.19 bits per heavy atom. The summed E-state index contributed by atoms with van der Waals surface area (Å²) in [6.07, 6.45) is 0.613. The Labute approximate surface area is 182 Å². The van der Waals surface area contributed by atoms with Gasteiger partial charge in [0, 0.05) is 17.5 Å². The van der Waals surface area contributed by atoms with Crippen molar-refractivity contribution in [1.82, 2.24) is 4.98 Å². The Hall–Kier alpha value is -3.66. The predicted molar refractivity (Wildman–Crippen MR) is 123 cm³/mol. The van der Waals surface area contributed by atoms with E-state index < -0.39 is 0 Å². The maximum atomic E-state index is 11.6. The van der Waals surface area contributed by atoms with E-state index in [-0.39, 0.29) is 12.4 Å². The SMILES string of the molecule is COC(=O)CCc1nc(-c2ccccc2-c2cc(C)cc(C)c2)c(-c2ccccc2)o1. The molecule has 1 aromatic heterocycles. The first kappa shape index (κ1) is 20.6. The molecule has 0 spiro atoms. The van der Waals surface area contributed by atoms with Crippen molar-refractivity contribution in [3.63, 3.8) is 0 Å². The van der Waals surface area contributed by atoms with Crippen LogP contribution >= 0.6 is 0 Å². The molecular weight excluding hydrogens is 386 g/mol. The van der Waals surface area contributed by atoms with Gasteiger partial charge in [0.25, 0.3) is 0 Å². The smallest absolute Gasteiger partial charge is 0.306 e. The zero-order valence-corrected chi connectivity index (χ0v) is 18.0. The summed E-state index contributed by atoms with van der Waals surface area (Å²) < 4.78 is 10.9. The Morgan fingerprint density at radius 1 is 0.871 bits per heavy atom. The van der Waals surface area contributed by atoms with Crippen molar-refractivity contribution in [1.29, 1.82) is 0 Å². The minimum atomic E-state index is -0.281. The molecule has 4 rings (SSSR count). The van der Waals surface area contributed by atoms with Crippen molar-refractivity contribution in [3.05, 3.63) is 89.8 Å². The Kier molecular flexibility index (Phi) is 5.99. The number of nitrogens with zero attached hydrogens (tertiary/aromatic N) is 1. The van der Waals surface area contributed by atoms with E-state index in [2.05, 4.69) is 44.2 Å². The van der Waals surface area contributed by atoms with E-state index in [0.717, 1.165) is 27.9 Å². The molecule has 0 unspecified atom stereocenters. The molecular formula is C27H25NO3. The van der Waals surface area contributed by atoms with Gasteiger partial charge in [0.05, 0.1) is 13.5 Å². The Balaban J connectivity index is 1.86. The molecule has 0 atom stereocenters. The standard InChI is InChI=1S/C27H25NO3/c1-18-15-19(2)17-21(16-18)22-11-7-8-12-23(22)26-27(20-9-5-4-6-10-20)31-24(28-26)13-14-25(29)30-3/h4-12,15-17H,13-14H2,1-3H3. The maximum Gasteiger partial charge on any atom is 0.306 e. The van der Waals surface area contributed by atoms with Crippen LogP contribution in [-0.4, -0.2) is 18.1 Å². The molecule has 4 nitrogen and oxygen atoms in total.